The van der Waals surface area contributed by atoms with Crippen LogP contribution in [0.25, 0.3) is 0 Å². The number of nitrogens with zero attached hydrogens (tertiary/aromatic N) is 5. The number of amides is 1. The van der Waals surface area contributed by atoms with Gasteiger partial charge in [-0.05, 0) is 39.5 Å². The van der Waals surface area contributed by atoms with Crippen molar-refractivity contribution in [3.63, 3.8) is 0 Å². The van der Waals surface area contributed by atoms with Gasteiger partial charge in [0.05, 0.1) is 0 Å². The molecule has 1 amide bonds. The number of hydrogen-bond acceptors (Lipinski definition) is 4. The molecule has 1 aromatic heterocycles. The van der Waals surface area contributed by atoms with Crippen LogP contribution in [0, 0.1) is 6.92 Å². The summed E-state index contributed by atoms with van der Waals surface area (Å²) in [6.45, 7) is 10.6. The van der Waals surface area contributed by atoms with Gasteiger partial charge < -0.3 is 24.4 Å². The number of unbranched alkanes of at least 4 members (excludes halogenated alkanes) is 1. The van der Waals surface area contributed by atoms with Crippen molar-refractivity contribution in [2.75, 3.05) is 45.9 Å². The molecule has 9 heteroatoms. The molecule has 0 bridgehead atoms. The van der Waals surface area contributed by atoms with Gasteiger partial charge in [-0.1, -0.05) is 0 Å². The number of aliphatic imine (C=N–C) groups is 1. The fraction of sp³-hybridized carbons (Fsp3) is 0.750. The highest BCUT2D eigenvalue weighted by atomic mass is 127. The van der Waals surface area contributed by atoms with Gasteiger partial charge in [0.2, 0.25) is 0 Å². The largest absolute Gasteiger partial charge is 0.368 e. The number of halogens is 1. The SMILES string of the molecule is CCNC(=NCCCCn1ccnc1C)N1CCN(C(=O)C2CCCO2)CC1.I. The summed E-state index contributed by atoms with van der Waals surface area (Å²) in [6.07, 6.45) is 7.65. The van der Waals surface area contributed by atoms with Gasteiger partial charge in [-0.15, -0.1) is 24.0 Å². The number of carbonyl (C=O) groups is 1. The molecule has 2 aliphatic heterocycles. The maximum Gasteiger partial charge on any atom is 0.251 e. The van der Waals surface area contributed by atoms with Gasteiger partial charge in [-0.25, -0.2) is 4.98 Å². The van der Waals surface area contributed by atoms with E-state index in [1.54, 1.807) is 0 Å². The molecule has 2 saturated heterocycles. The second-order valence-corrected chi connectivity index (χ2v) is 7.42. The summed E-state index contributed by atoms with van der Waals surface area (Å²) in [5.74, 6) is 2.19. The Morgan fingerprint density at radius 2 is 2.03 bits per heavy atom. The van der Waals surface area contributed by atoms with E-state index >= 15 is 0 Å². The number of hydrogen-bond donors (Lipinski definition) is 1. The molecule has 1 N–H and O–H groups in total. The highest BCUT2D eigenvalue weighted by Crippen LogP contribution is 2.16. The first-order valence-electron chi connectivity index (χ1n) is 10.6. The van der Waals surface area contributed by atoms with Crippen molar-refractivity contribution in [1.29, 1.82) is 0 Å². The molecule has 0 radical (unpaired) electrons. The zero-order valence-corrected chi connectivity index (χ0v) is 20.0. The number of rotatable bonds is 7. The van der Waals surface area contributed by atoms with Gasteiger partial charge in [-0.2, -0.15) is 0 Å². The molecular formula is C20H35IN6O2. The normalized spacial score (nSPS) is 19.9. The number of imidazole rings is 1. The second kappa shape index (κ2) is 12.4. The fourth-order valence-electron chi connectivity index (χ4n) is 3.76. The van der Waals surface area contributed by atoms with Crippen LogP contribution in [0.3, 0.4) is 0 Å². The van der Waals surface area contributed by atoms with Crippen molar-refractivity contribution < 1.29 is 9.53 Å². The van der Waals surface area contributed by atoms with Crippen molar-refractivity contribution in [3.8, 4) is 0 Å². The van der Waals surface area contributed by atoms with Gasteiger partial charge >= 0.3 is 0 Å². The summed E-state index contributed by atoms with van der Waals surface area (Å²) in [7, 11) is 0. The molecule has 0 spiro atoms. The first-order valence-corrected chi connectivity index (χ1v) is 10.6. The van der Waals surface area contributed by atoms with Gasteiger partial charge in [0, 0.05) is 64.8 Å². The highest BCUT2D eigenvalue weighted by Gasteiger charge is 2.30. The molecular weight excluding hydrogens is 483 g/mol. The van der Waals surface area contributed by atoms with Crippen LogP contribution in [0.2, 0.25) is 0 Å². The summed E-state index contributed by atoms with van der Waals surface area (Å²) < 4.78 is 7.72. The molecule has 0 aromatic carbocycles. The van der Waals surface area contributed by atoms with E-state index in [9.17, 15) is 4.79 Å². The van der Waals surface area contributed by atoms with E-state index in [1.165, 1.54) is 0 Å². The van der Waals surface area contributed by atoms with Crippen molar-refractivity contribution >= 4 is 35.8 Å². The predicted molar refractivity (Wildman–Crippen MR) is 125 cm³/mol. The molecule has 0 aliphatic carbocycles. The lowest BCUT2D eigenvalue weighted by molar-refractivity contribution is -0.142. The van der Waals surface area contributed by atoms with E-state index in [0.717, 1.165) is 83.3 Å². The number of carbonyl (C=O) groups excluding carboxylic acids is 1. The Bertz CT molecular complexity index is 651. The highest BCUT2D eigenvalue weighted by molar-refractivity contribution is 14.0. The summed E-state index contributed by atoms with van der Waals surface area (Å²) in [5.41, 5.74) is 0. The quantitative estimate of drug-likeness (QED) is 0.258. The average molecular weight is 518 g/mol. The molecule has 29 heavy (non-hydrogen) atoms. The van der Waals surface area contributed by atoms with Crippen LogP contribution in [0.15, 0.2) is 17.4 Å². The number of guanidine groups is 1. The topological polar surface area (TPSA) is 75.0 Å². The van der Waals surface area contributed by atoms with E-state index in [4.69, 9.17) is 9.73 Å². The molecule has 1 atom stereocenters. The lowest BCUT2D eigenvalue weighted by atomic mass is 10.2. The molecule has 1 aromatic rings. The summed E-state index contributed by atoms with van der Waals surface area (Å²) in [6, 6.07) is 0. The maximum absolute atomic E-state index is 12.5. The molecule has 2 fully saturated rings. The number of piperazine rings is 1. The Kier molecular flexibility index (Phi) is 10.2. The smallest absolute Gasteiger partial charge is 0.251 e. The lowest BCUT2D eigenvalue weighted by Crippen LogP contribution is -2.55. The van der Waals surface area contributed by atoms with Crippen molar-refractivity contribution in [3.05, 3.63) is 18.2 Å². The van der Waals surface area contributed by atoms with Gasteiger partial charge in [-0.3, -0.25) is 9.79 Å². The minimum atomic E-state index is -0.215. The van der Waals surface area contributed by atoms with E-state index in [-0.39, 0.29) is 36.0 Å². The molecule has 3 heterocycles. The van der Waals surface area contributed by atoms with Crippen LogP contribution in [0.1, 0.15) is 38.4 Å². The lowest BCUT2D eigenvalue weighted by Gasteiger charge is -2.37. The third-order valence-electron chi connectivity index (χ3n) is 5.42. The predicted octanol–water partition coefficient (Wildman–Crippen LogP) is 1.88. The van der Waals surface area contributed by atoms with Crippen molar-refractivity contribution in [2.45, 2.75) is 52.2 Å². The van der Waals surface area contributed by atoms with Crippen molar-refractivity contribution in [2.24, 2.45) is 4.99 Å². The fourth-order valence-corrected chi connectivity index (χ4v) is 3.76. The summed E-state index contributed by atoms with van der Waals surface area (Å²) >= 11 is 0. The molecule has 164 valence electrons. The minimum absolute atomic E-state index is 0. The Morgan fingerprint density at radius 1 is 1.28 bits per heavy atom. The van der Waals surface area contributed by atoms with E-state index in [2.05, 4.69) is 26.7 Å². The van der Waals surface area contributed by atoms with E-state index in [1.807, 2.05) is 24.2 Å². The van der Waals surface area contributed by atoms with Crippen LogP contribution in [0.4, 0.5) is 0 Å². The first kappa shape index (κ1) is 23.9. The van der Waals surface area contributed by atoms with Crippen LogP contribution in [0.5, 0.6) is 0 Å². The maximum atomic E-state index is 12.5. The Morgan fingerprint density at radius 3 is 2.66 bits per heavy atom. The molecule has 1 unspecified atom stereocenters. The second-order valence-electron chi connectivity index (χ2n) is 7.42. The molecule has 3 rings (SSSR count). The third kappa shape index (κ3) is 6.84. The van der Waals surface area contributed by atoms with Gasteiger partial charge in [0.25, 0.3) is 5.91 Å². The number of aryl methyl sites for hydroxylation is 2. The van der Waals surface area contributed by atoms with E-state index < -0.39 is 0 Å². The number of ether oxygens (including phenoxy) is 1. The van der Waals surface area contributed by atoms with E-state index in [0.29, 0.717) is 6.61 Å². The molecule has 2 aliphatic rings. The average Bonchev–Trinajstić information content (AvgIpc) is 3.39. The van der Waals surface area contributed by atoms with Crippen molar-refractivity contribution in [1.82, 2.24) is 24.7 Å². The number of nitrogens with one attached hydrogen (secondary N) is 1. The Labute approximate surface area is 191 Å². The standard InChI is InChI=1S/C20H34N6O2.HI/c1-3-21-20(23-8-4-5-10-24-11-9-22-17(24)2)26-14-12-25(13-15-26)19(27)18-7-6-16-28-18;/h9,11,18H,3-8,10,12-16H2,1-2H3,(H,21,23);1H. The monoisotopic (exact) mass is 518 g/mol. The van der Waals surface area contributed by atoms with Crippen LogP contribution >= 0.6 is 24.0 Å². The molecule has 0 saturated carbocycles. The summed E-state index contributed by atoms with van der Waals surface area (Å²) in [4.78, 5) is 25.8. The van der Waals surface area contributed by atoms with Crippen LogP contribution in [-0.2, 0) is 16.1 Å². The van der Waals surface area contributed by atoms with Crippen LogP contribution in [-0.4, -0.2) is 83.2 Å². The Balaban J connectivity index is 0.00000300. The van der Waals surface area contributed by atoms with Gasteiger partial charge in [0.15, 0.2) is 5.96 Å². The third-order valence-corrected chi connectivity index (χ3v) is 5.42. The van der Waals surface area contributed by atoms with Crippen LogP contribution < -0.4 is 5.32 Å². The number of aromatic nitrogens is 2. The first-order chi connectivity index (χ1) is 13.7. The zero-order valence-electron chi connectivity index (χ0n) is 17.7. The summed E-state index contributed by atoms with van der Waals surface area (Å²) in [5, 5.41) is 3.40. The molecule has 8 nitrogen and oxygen atoms in total. The van der Waals surface area contributed by atoms with Gasteiger partial charge in [0.1, 0.15) is 11.9 Å². The Hall–Kier alpha value is -1.36. The zero-order chi connectivity index (χ0) is 19.8. The minimum Gasteiger partial charge on any atom is -0.368 e.